The SMILES string of the molecule is COc1[c]cc2c(c1)[C@H]1CC[C@]3(C)[C@@H](CO)CC[C@H]3[C@@H]1CC2. The fraction of sp³-hybridized carbons (Fsp3) is 0.700. The third kappa shape index (κ3) is 1.96. The Kier molecular flexibility index (Phi) is 3.48. The second-order valence-electron chi connectivity index (χ2n) is 7.90. The van der Waals surface area contributed by atoms with Gasteiger partial charge in [0, 0.05) is 12.7 Å². The molecule has 0 bridgehead atoms. The van der Waals surface area contributed by atoms with Crippen LogP contribution in [0.15, 0.2) is 12.1 Å². The first-order valence-corrected chi connectivity index (χ1v) is 8.86. The van der Waals surface area contributed by atoms with Crippen LogP contribution in [-0.4, -0.2) is 18.8 Å². The zero-order valence-corrected chi connectivity index (χ0v) is 13.8. The predicted molar refractivity (Wildman–Crippen MR) is 87.0 cm³/mol. The summed E-state index contributed by atoms with van der Waals surface area (Å²) in [7, 11) is 1.74. The van der Waals surface area contributed by atoms with Crippen LogP contribution in [-0.2, 0) is 6.42 Å². The summed E-state index contributed by atoms with van der Waals surface area (Å²) in [5, 5.41) is 9.77. The predicted octanol–water partition coefficient (Wildman–Crippen LogP) is 3.96. The molecular formula is C20H27O2. The van der Waals surface area contributed by atoms with Crippen molar-refractivity contribution in [2.24, 2.45) is 23.2 Å². The van der Waals surface area contributed by atoms with Gasteiger partial charge in [-0.05, 0) is 90.9 Å². The molecule has 0 saturated heterocycles. The molecule has 1 radical (unpaired) electrons. The maximum Gasteiger partial charge on any atom is 0.127 e. The van der Waals surface area contributed by atoms with Gasteiger partial charge in [0.1, 0.15) is 5.75 Å². The van der Waals surface area contributed by atoms with E-state index >= 15 is 0 Å². The fourth-order valence-electron chi connectivity index (χ4n) is 6.00. The molecule has 3 aliphatic rings. The lowest BCUT2D eigenvalue weighted by Gasteiger charge is -2.51. The minimum atomic E-state index is 0.373. The summed E-state index contributed by atoms with van der Waals surface area (Å²) >= 11 is 0. The number of rotatable bonds is 2. The molecule has 1 aromatic rings. The molecule has 4 rings (SSSR count). The van der Waals surface area contributed by atoms with Gasteiger partial charge in [0.2, 0.25) is 0 Å². The monoisotopic (exact) mass is 299 g/mol. The highest BCUT2D eigenvalue weighted by Crippen LogP contribution is 2.62. The number of methoxy groups -OCH3 is 1. The van der Waals surface area contributed by atoms with E-state index in [-0.39, 0.29) is 0 Å². The van der Waals surface area contributed by atoms with Gasteiger partial charge >= 0.3 is 0 Å². The summed E-state index contributed by atoms with van der Waals surface area (Å²) in [5.41, 5.74) is 3.39. The highest BCUT2D eigenvalue weighted by molar-refractivity contribution is 5.40. The molecular weight excluding hydrogens is 272 g/mol. The van der Waals surface area contributed by atoms with Crippen LogP contribution in [0.4, 0.5) is 0 Å². The second-order valence-corrected chi connectivity index (χ2v) is 7.90. The van der Waals surface area contributed by atoms with Crippen molar-refractivity contribution in [2.45, 2.75) is 51.4 Å². The third-order valence-corrected chi connectivity index (χ3v) is 7.27. The molecule has 1 N–H and O–H groups in total. The molecule has 5 atom stereocenters. The quantitative estimate of drug-likeness (QED) is 0.895. The van der Waals surface area contributed by atoms with Gasteiger partial charge in [-0.15, -0.1) is 0 Å². The zero-order chi connectivity index (χ0) is 15.3. The van der Waals surface area contributed by atoms with E-state index in [0.717, 1.165) is 17.6 Å². The van der Waals surface area contributed by atoms with Crippen LogP contribution in [0.3, 0.4) is 0 Å². The lowest BCUT2D eigenvalue weighted by molar-refractivity contribution is 0.00954. The normalized spacial score (nSPS) is 39.8. The Morgan fingerprint density at radius 2 is 2.18 bits per heavy atom. The van der Waals surface area contributed by atoms with Crippen molar-refractivity contribution in [1.29, 1.82) is 0 Å². The molecule has 0 spiro atoms. The van der Waals surface area contributed by atoms with Crippen LogP contribution in [0.1, 0.15) is 56.1 Å². The molecule has 119 valence electrons. The average Bonchev–Trinajstić information content (AvgIpc) is 2.90. The molecule has 0 heterocycles. The first kappa shape index (κ1) is 14.6. The van der Waals surface area contributed by atoms with Gasteiger partial charge in [0.15, 0.2) is 0 Å². The lowest BCUT2D eigenvalue weighted by atomic mass is 9.54. The standard InChI is InChI=1S/C20H27O2/c1-20-10-9-16-17(19(20)8-5-14(20)12-21)7-4-13-3-6-15(22-2)11-18(13)16/h3,11,14,16-17,19,21H,4-5,7-10,12H2,1-2H3/t14-,16+,17-,19+,20-/m1/s1. The Bertz CT molecular complexity index is 567. The second kappa shape index (κ2) is 5.26. The fourth-order valence-corrected chi connectivity index (χ4v) is 6.00. The van der Waals surface area contributed by atoms with E-state index < -0.39 is 0 Å². The van der Waals surface area contributed by atoms with Gasteiger partial charge in [0.25, 0.3) is 0 Å². The number of hydrogen-bond donors (Lipinski definition) is 1. The van der Waals surface area contributed by atoms with Crippen molar-refractivity contribution < 1.29 is 9.84 Å². The minimum absolute atomic E-state index is 0.373. The van der Waals surface area contributed by atoms with Gasteiger partial charge in [-0.25, -0.2) is 0 Å². The molecule has 0 amide bonds. The maximum absolute atomic E-state index is 9.77. The lowest BCUT2D eigenvalue weighted by Crippen LogP contribution is -2.43. The van der Waals surface area contributed by atoms with Crippen molar-refractivity contribution in [3.8, 4) is 5.75 Å². The number of aliphatic hydroxyl groups is 1. The number of benzene rings is 1. The molecule has 2 fully saturated rings. The highest BCUT2D eigenvalue weighted by atomic mass is 16.5. The first-order chi connectivity index (χ1) is 10.7. The summed E-state index contributed by atoms with van der Waals surface area (Å²) in [6.45, 7) is 2.83. The molecule has 3 aliphatic carbocycles. The van der Waals surface area contributed by atoms with E-state index in [0.29, 0.717) is 23.9 Å². The van der Waals surface area contributed by atoms with Gasteiger partial charge in [0.05, 0.1) is 7.11 Å². The molecule has 22 heavy (non-hydrogen) atoms. The first-order valence-electron chi connectivity index (χ1n) is 8.86. The highest BCUT2D eigenvalue weighted by Gasteiger charge is 2.54. The van der Waals surface area contributed by atoms with Gasteiger partial charge < -0.3 is 9.84 Å². The molecule has 0 aliphatic heterocycles. The number of aryl methyl sites for hydroxylation is 1. The van der Waals surface area contributed by atoms with Crippen LogP contribution in [0.25, 0.3) is 0 Å². The van der Waals surface area contributed by atoms with Crippen molar-refractivity contribution >= 4 is 0 Å². The largest absolute Gasteiger partial charge is 0.496 e. The summed E-state index contributed by atoms with van der Waals surface area (Å²) in [6, 6.07) is 7.66. The Balaban J connectivity index is 1.68. The van der Waals surface area contributed by atoms with Crippen molar-refractivity contribution in [3.05, 3.63) is 29.3 Å². The smallest absolute Gasteiger partial charge is 0.127 e. The Hall–Kier alpha value is -1.02. The van der Waals surface area contributed by atoms with Crippen molar-refractivity contribution in [3.63, 3.8) is 0 Å². The number of aliphatic hydroxyl groups excluding tert-OH is 1. The van der Waals surface area contributed by atoms with Gasteiger partial charge in [-0.2, -0.15) is 0 Å². The Labute approximate surface area is 133 Å². The number of hydrogen-bond acceptors (Lipinski definition) is 2. The molecule has 1 aromatic carbocycles. The summed E-state index contributed by atoms with van der Waals surface area (Å²) in [5.74, 6) is 3.70. The number of fused-ring (bicyclic) bond motifs is 5. The number of ether oxygens (including phenoxy) is 1. The van der Waals surface area contributed by atoms with E-state index in [2.05, 4.69) is 25.1 Å². The molecule has 0 unspecified atom stereocenters. The minimum Gasteiger partial charge on any atom is -0.496 e. The van der Waals surface area contributed by atoms with E-state index in [9.17, 15) is 5.11 Å². The van der Waals surface area contributed by atoms with Gasteiger partial charge in [-0.1, -0.05) is 6.92 Å². The van der Waals surface area contributed by atoms with Crippen LogP contribution in [0.5, 0.6) is 5.75 Å². The van der Waals surface area contributed by atoms with Crippen molar-refractivity contribution in [2.75, 3.05) is 13.7 Å². The van der Waals surface area contributed by atoms with Crippen LogP contribution < -0.4 is 4.74 Å². The Morgan fingerprint density at radius 1 is 1.32 bits per heavy atom. The summed E-state index contributed by atoms with van der Waals surface area (Å²) in [6.07, 6.45) is 7.58. The third-order valence-electron chi connectivity index (χ3n) is 7.27. The van der Waals surface area contributed by atoms with Crippen LogP contribution in [0, 0.1) is 29.2 Å². The Morgan fingerprint density at radius 3 is 2.95 bits per heavy atom. The summed E-state index contributed by atoms with van der Waals surface area (Å²) in [4.78, 5) is 0. The average molecular weight is 299 g/mol. The summed E-state index contributed by atoms with van der Waals surface area (Å²) < 4.78 is 5.41. The van der Waals surface area contributed by atoms with E-state index in [1.165, 1.54) is 49.7 Å². The van der Waals surface area contributed by atoms with E-state index in [1.807, 2.05) is 0 Å². The van der Waals surface area contributed by atoms with Gasteiger partial charge in [-0.3, -0.25) is 0 Å². The van der Waals surface area contributed by atoms with E-state index in [4.69, 9.17) is 4.74 Å². The molecule has 2 heteroatoms. The molecule has 0 aromatic heterocycles. The topological polar surface area (TPSA) is 29.5 Å². The van der Waals surface area contributed by atoms with Crippen LogP contribution in [0.2, 0.25) is 0 Å². The zero-order valence-electron chi connectivity index (χ0n) is 13.8. The molecule has 2 nitrogen and oxygen atoms in total. The van der Waals surface area contributed by atoms with Crippen LogP contribution >= 0.6 is 0 Å². The van der Waals surface area contributed by atoms with Crippen molar-refractivity contribution in [1.82, 2.24) is 0 Å². The van der Waals surface area contributed by atoms with E-state index in [1.54, 1.807) is 7.11 Å². The molecule has 2 saturated carbocycles. The maximum atomic E-state index is 9.77.